The summed E-state index contributed by atoms with van der Waals surface area (Å²) in [5.41, 5.74) is 4.50. The third kappa shape index (κ3) is 5.66. The van der Waals surface area contributed by atoms with Crippen molar-refractivity contribution in [2.24, 2.45) is 0 Å². The first kappa shape index (κ1) is 21.4. The van der Waals surface area contributed by atoms with Crippen molar-refractivity contribution < 1.29 is 9.21 Å². The van der Waals surface area contributed by atoms with Crippen molar-refractivity contribution in [1.82, 2.24) is 20.5 Å². The van der Waals surface area contributed by atoms with Crippen molar-refractivity contribution in [3.05, 3.63) is 102 Å². The lowest BCUT2D eigenvalue weighted by Crippen LogP contribution is -2.28. The Bertz CT molecular complexity index is 1130. The Kier molecular flexibility index (Phi) is 7.02. The highest BCUT2D eigenvalue weighted by molar-refractivity contribution is 5.76. The first-order chi connectivity index (χ1) is 15.7. The van der Waals surface area contributed by atoms with E-state index in [0.717, 1.165) is 17.5 Å². The molecule has 2 aromatic heterocycles. The van der Waals surface area contributed by atoms with Crippen LogP contribution in [0.15, 0.2) is 83.5 Å². The molecule has 0 saturated heterocycles. The van der Waals surface area contributed by atoms with Gasteiger partial charge in [0, 0.05) is 25.2 Å². The average Bonchev–Trinajstić information content (AvgIpc) is 3.30. The standard InChI is InChI=1S/C26H26N4O2/c1-2-23(22-14-16-27-17-15-22)28-24(31)12-13-25-29-30-26(32-25)18-19-8-10-21(11-9-19)20-6-4-3-5-7-20/h3-11,14-17,23H,2,12-13,18H2,1H3,(H,28,31). The molecule has 6 nitrogen and oxygen atoms in total. The molecule has 0 bridgehead atoms. The number of pyridine rings is 1. The fourth-order valence-corrected chi connectivity index (χ4v) is 3.58. The largest absolute Gasteiger partial charge is 0.425 e. The van der Waals surface area contributed by atoms with Crippen LogP contribution in [-0.4, -0.2) is 21.1 Å². The highest BCUT2D eigenvalue weighted by Gasteiger charge is 2.14. The van der Waals surface area contributed by atoms with Crippen molar-refractivity contribution >= 4 is 5.91 Å². The van der Waals surface area contributed by atoms with Crippen LogP contribution in [0.2, 0.25) is 0 Å². The van der Waals surface area contributed by atoms with Gasteiger partial charge < -0.3 is 9.73 Å². The molecule has 0 aliphatic heterocycles. The lowest BCUT2D eigenvalue weighted by Gasteiger charge is -2.16. The molecule has 1 amide bonds. The summed E-state index contributed by atoms with van der Waals surface area (Å²) in [4.78, 5) is 16.4. The Labute approximate surface area is 187 Å². The highest BCUT2D eigenvalue weighted by atomic mass is 16.4. The molecule has 1 N–H and O–H groups in total. The predicted molar refractivity (Wildman–Crippen MR) is 123 cm³/mol. The van der Waals surface area contributed by atoms with Crippen molar-refractivity contribution in [2.75, 3.05) is 0 Å². The van der Waals surface area contributed by atoms with Gasteiger partial charge in [-0.25, -0.2) is 0 Å². The van der Waals surface area contributed by atoms with E-state index < -0.39 is 0 Å². The molecule has 0 spiro atoms. The molecule has 0 fully saturated rings. The normalized spacial score (nSPS) is 11.8. The molecule has 0 saturated carbocycles. The van der Waals surface area contributed by atoms with Gasteiger partial charge in [0.05, 0.1) is 12.5 Å². The van der Waals surface area contributed by atoms with Gasteiger partial charge in [0.1, 0.15) is 0 Å². The van der Waals surface area contributed by atoms with Gasteiger partial charge >= 0.3 is 0 Å². The second-order valence-corrected chi connectivity index (χ2v) is 7.64. The molecule has 4 rings (SSSR count). The van der Waals surface area contributed by atoms with Crippen molar-refractivity contribution in [3.8, 4) is 11.1 Å². The number of aryl methyl sites for hydroxylation is 1. The lowest BCUT2D eigenvalue weighted by atomic mass is 10.0. The molecule has 162 valence electrons. The van der Waals surface area contributed by atoms with Crippen molar-refractivity contribution in [2.45, 2.75) is 38.6 Å². The van der Waals surface area contributed by atoms with Crippen LogP contribution >= 0.6 is 0 Å². The maximum atomic E-state index is 12.4. The number of benzene rings is 2. The van der Waals surface area contributed by atoms with E-state index in [4.69, 9.17) is 4.42 Å². The average molecular weight is 427 g/mol. The van der Waals surface area contributed by atoms with E-state index in [1.165, 1.54) is 11.1 Å². The SMILES string of the molecule is CCC(NC(=O)CCc1nnc(Cc2ccc(-c3ccccc3)cc2)o1)c1ccncc1. The van der Waals surface area contributed by atoms with Gasteiger partial charge in [-0.15, -0.1) is 10.2 Å². The van der Waals surface area contributed by atoms with Crippen molar-refractivity contribution in [1.29, 1.82) is 0 Å². The second-order valence-electron chi connectivity index (χ2n) is 7.64. The summed E-state index contributed by atoms with van der Waals surface area (Å²) in [7, 11) is 0. The van der Waals surface area contributed by atoms with Gasteiger partial charge in [-0.2, -0.15) is 0 Å². The van der Waals surface area contributed by atoms with E-state index in [9.17, 15) is 4.79 Å². The molecule has 2 aromatic carbocycles. The Hall–Kier alpha value is -3.80. The first-order valence-corrected chi connectivity index (χ1v) is 10.9. The molecule has 0 radical (unpaired) electrons. The summed E-state index contributed by atoms with van der Waals surface area (Å²) in [6.45, 7) is 2.04. The third-order valence-electron chi connectivity index (χ3n) is 5.34. The van der Waals surface area contributed by atoms with E-state index in [-0.39, 0.29) is 11.9 Å². The van der Waals surface area contributed by atoms with Crippen LogP contribution in [0.1, 0.15) is 48.7 Å². The molecule has 1 unspecified atom stereocenters. The molecule has 32 heavy (non-hydrogen) atoms. The molecule has 0 aliphatic carbocycles. The van der Waals surface area contributed by atoms with Gasteiger partial charge in [-0.1, -0.05) is 61.5 Å². The first-order valence-electron chi connectivity index (χ1n) is 10.9. The fraction of sp³-hybridized carbons (Fsp3) is 0.231. The van der Waals surface area contributed by atoms with Gasteiger partial charge in [0.25, 0.3) is 0 Å². The smallest absolute Gasteiger partial charge is 0.220 e. The van der Waals surface area contributed by atoms with E-state index in [1.54, 1.807) is 12.4 Å². The van der Waals surface area contributed by atoms with Crippen LogP contribution < -0.4 is 5.32 Å². The number of hydrogen-bond donors (Lipinski definition) is 1. The highest BCUT2D eigenvalue weighted by Crippen LogP contribution is 2.20. The second kappa shape index (κ2) is 10.5. The van der Waals surface area contributed by atoms with E-state index in [2.05, 4.69) is 56.9 Å². The van der Waals surface area contributed by atoms with Crippen LogP contribution in [0.3, 0.4) is 0 Å². The van der Waals surface area contributed by atoms with Crippen LogP contribution in [-0.2, 0) is 17.6 Å². The van der Waals surface area contributed by atoms with Gasteiger partial charge in [0.15, 0.2) is 0 Å². The summed E-state index contributed by atoms with van der Waals surface area (Å²) in [5.74, 6) is 0.994. The van der Waals surface area contributed by atoms with Crippen LogP contribution in [0, 0.1) is 0 Å². The zero-order chi connectivity index (χ0) is 22.2. The van der Waals surface area contributed by atoms with Gasteiger partial charge in [-0.05, 0) is 40.8 Å². The summed E-state index contributed by atoms with van der Waals surface area (Å²) in [5, 5.41) is 11.3. The number of hydrogen-bond acceptors (Lipinski definition) is 5. The van der Waals surface area contributed by atoms with Crippen LogP contribution in [0.4, 0.5) is 0 Å². The Morgan fingerprint density at radius 1 is 0.906 bits per heavy atom. The number of carbonyl (C=O) groups excluding carboxylic acids is 1. The van der Waals surface area contributed by atoms with E-state index in [1.807, 2.05) is 37.3 Å². The van der Waals surface area contributed by atoms with Gasteiger partial charge in [-0.3, -0.25) is 9.78 Å². The molecular weight excluding hydrogens is 400 g/mol. The zero-order valence-electron chi connectivity index (χ0n) is 18.1. The molecular formula is C26H26N4O2. The number of rotatable bonds is 9. The quantitative estimate of drug-likeness (QED) is 0.411. The number of nitrogens with zero attached hydrogens (tertiary/aromatic N) is 3. The van der Waals surface area contributed by atoms with Crippen molar-refractivity contribution in [3.63, 3.8) is 0 Å². The Morgan fingerprint density at radius 2 is 1.59 bits per heavy atom. The Balaban J connectivity index is 1.29. The lowest BCUT2D eigenvalue weighted by molar-refractivity contribution is -0.121. The molecule has 1 atom stereocenters. The predicted octanol–water partition coefficient (Wildman–Crippen LogP) is 4.92. The monoisotopic (exact) mass is 426 g/mol. The molecule has 4 aromatic rings. The van der Waals surface area contributed by atoms with E-state index >= 15 is 0 Å². The molecule has 0 aliphatic rings. The maximum absolute atomic E-state index is 12.4. The van der Waals surface area contributed by atoms with Crippen LogP contribution in [0.25, 0.3) is 11.1 Å². The van der Waals surface area contributed by atoms with E-state index in [0.29, 0.717) is 31.0 Å². The third-order valence-corrected chi connectivity index (χ3v) is 5.34. The Morgan fingerprint density at radius 3 is 2.31 bits per heavy atom. The summed E-state index contributed by atoms with van der Waals surface area (Å²) < 4.78 is 5.76. The number of amides is 1. The molecule has 2 heterocycles. The minimum atomic E-state index is -0.0371. The maximum Gasteiger partial charge on any atom is 0.220 e. The van der Waals surface area contributed by atoms with Crippen LogP contribution in [0.5, 0.6) is 0 Å². The number of carbonyl (C=O) groups is 1. The number of nitrogens with one attached hydrogen (secondary N) is 1. The topological polar surface area (TPSA) is 80.9 Å². The fourth-order valence-electron chi connectivity index (χ4n) is 3.58. The minimum Gasteiger partial charge on any atom is -0.425 e. The molecule has 6 heteroatoms. The summed E-state index contributed by atoms with van der Waals surface area (Å²) in [6.07, 6.45) is 5.56. The van der Waals surface area contributed by atoms with Gasteiger partial charge in [0.2, 0.25) is 17.7 Å². The zero-order valence-corrected chi connectivity index (χ0v) is 18.1. The summed E-state index contributed by atoms with van der Waals surface area (Å²) >= 11 is 0. The number of aromatic nitrogens is 3. The minimum absolute atomic E-state index is 0.0254. The summed E-state index contributed by atoms with van der Waals surface area (Å²) in [6, 6.07) is 22.4.